The highest BCUT2D eigenvalue weighted by molar-refractivity contribution is 7.92. The molecule has 170 valence electrons. The molecule has 0 unspecified atom stereocenters. The molecule has 0 spiro atoms. The largest absolute Gasteiger partial charge is 0.372 e. The number of nitrogens with zero attached hydrogens (tertiary/aromatic N) is 2. The molecule has 0 aromatic heterocycles. The summed E-state index contributed by atoms with van der Waals surface area (Å²) in [5.41, 5.74) is 4.00. The lowest BCUT2D eigenvalue weighted by Crippen LogP contribution is -2.32. The normalized spacial score (nSPS) is 11.2. The zero-order chi connectivity index (χ0) is 22.9. The molecule has 2 aromatic rings. The predicted octanol–water partition coefficient (Wildman–Crippen LogP) is 3.96. The van der Waals surface area contributed by atoms with Crippen LogP contribution in [0.15, 0.2) is 48.5 Å². The monoisotopic (exact) mass is 445 g/mol. The van der Waals surface area contributed by atoms with E-state index in [4.69, 9.17) is 0 Å². The molecule has 0 saturated heterocycles. The summed E-state index contributed by atoms with van der Waals surface area (Å²) >= 11 is 0. The van der Waals surface area contributed by atoms with Gasteiger partial charge in [-0.25, -0.2) is 8.42 Å². The van der Waals surface area contributed by atoms with Crippen LogP contribution >= 0.6 is 0 Å². The Morgan fingerprint density at radius 2 is 1.42 bits per heavy atom. The summed E-state index contributed by atoms with van der Waals surface area (Å²) in [5.74, 6) is -0.0809. The lowest BCUT2D eigenvalue weighted by molar-refractivity contribution is -0.121. The Kier molecular flexibility index (Phi) is 9.37. The molecule has 0 radical (unpaired) electrons. The lowest BCUT2D eigenvalue weighted by atomic mass is 10.1. The molecule has 0 aliphatic rings. The standard InChI is InChI=1S/C24H35N3O3S/c1-5-20-10-16-23(17-11-20)27(31(4,29)30)18-8-9-24(28)25-19-21-12-14-22(15-13-21)26(6-2)7-3/h10-17H,5-9,18-19H2,1-4H3,(H,25,28). The molecule has 31 heavy (non-hydrogen) atoms. The summed E-state index contributed by atoms with van der Waals surface area (Å²) in [5, 5.41) is 2.92. The van der Waals surface area contributed by atoms with Crippen molar-refractivity contribution in [3.8, 4) is 0 Å². The first-order valence-corrected chi connectivity index (χ1v) is 12.8. The minimum atomic E-state index is -3.41. The van der Waals surface area contributed by atoms with Crippen molar-refractivity contribution in [3.05, 3.63) is 59.7 Å². The molecule has 2 aromatic carbocycles. The van der Waals surface area contributed by atoms with Gasteiger partial charge in [-0.2, -0.15) is 0 Å². The molecular formula is C24H35N3O3S. The Bertz CT molecular complexity index is 922. The van der Waals surface area contributed by atoms with Gasteiger partial charge in [0.2, 0.25) is 15.9 Å². The van der Waals surface area contributed by atoms with Crippen molar-refractivity contribution >= 4 is 27.3 Å². The van der Waals surface area contributed by atoms with Crippen molar-refractivity contribution in [2.24, 2.45) is 0 Å². The SMILES string of the molecule is CCc1ccc(N(CCCC(=O)NCc2ccc(N(CC)CC)cc2)S(C)(=O)=O)cc1. The molecule has 7 heteroatoms. The highest BCUT2D eigenvalue weighted by atomic mass is 32.2. The topological polar surface area (TPSA) is 69.7 Å². The number of carbonyl (C=O) groups is 1. The van der Waals surface area contributed by atoms with Crippen LogP contribution in [0.3, 0.4) is 0 Å². The van der Waals surface area contributed by atoms with Gasteiger partial charge in [-0.1, -0.05) is 31.2 Å². The van der Waals surface area contributed by atoms with Crippen LogP contribution in [0.5, 0.6) is 0 Å². The Morgan fingerprint density at radius 3 is 1.94 bits per heavy atom. The summed E-state index contributed by atoms with van der Waals surface area (Å²) < 4.78 is 25.8. The number of hydrogen-bond acceptors (Lipinski definition) is 4. The highest BCUT2D eigenvalue weighted by Crippen LogP contribution is 2.19. The predicted molar refractivity (Wildman–Crippen MR) is 129 cm³/mol. The van der Waals surface area contributed by atoms with Crippen molar-refractivity contribution in [1.82, 2.24) is 5.32 Å². The highest BCUT2D eigenvalue weighted by Gasteiger charge is 2.17. The average molecular weight is 446 g/mol. The first-order valence-electron chi connectivity index (χ1n) is 11.0. The molecular weight excluding hydrogens is 410 g/mol. The van der Waals surface area contributed by atoms with Crippen molar-refractivity contribution in [2.75, 3.05) is 35.1 Å². The van der Waals surface area contributed by atoms with E-state index in [0.29, 0.717) is 18.7 Å². The smallest absolute Gasteiger partial charge is 0.232 e. The summed E-state index contributed by atoms with van der Waals surface area (Å²) in [6.07, 6.45) is 2.83. The van der Waals surface area contributed by atoms with E-state index in [9.17, 15) is 13.2 Å². The number of amides is 1. The minimum Gasteiger partial charge on any atom is -0.372 e. The van der Waals surface area contributed by atoms with Crippen LogP contribution in [0.2, 0.25) is 0 Å². The van der Waals surface area contributed by atoms with Crippen LogP contribution in [0.1, 0.15) is 44.7 Å². The molecule has 1 N–H and O–H groups in total. The van der Waals surface area contributed by atoms with E-state index >= 15 is 0 Å². The third-order valence-corrected chi connectivity index (χ3v) is 6.55. The van der Waals surface area contributed by atoms with Crippen LogP contribution in [0.4, 0.5) is 11.4 Å². The molecule has 0 fully saturated rings. The van der Waals surface area contributed by atoms with Crippen LogP contribution in [0.25, 0.3) is 0 Å². The van der Waals surface area contributed by atoms with Gasteiger partial charge >= 0.3 is 0 Å². The summed E-state index contributed by atoms with van der Waals surface area (Å²) in [6, 6.07) is 15.7. The number of sulfonamides is 1. The number of nitrogens with one attached hydrogen (secondary N) is 1. The van der Waals surface area contributed by atoms with E-state index < -0.39 is 10.0 Å². The maximum Gasteiger partial charge on any atom is 0.232 e. The summed E-state index contributed by atoms with van der Waals surface area (Å²) in [6.45, 7) is 8.97. The van der Waals surface area contributed by atoms with Crippen molar-refractivity contribution in [3.63, 3.8) is 0 Å². The fourth-order valence-electron chi connectivity index (χ4n) is 3.47. The Morgan fingerprint density at radius 1 is 0.871 bits per heavy atom. The number of carbonyl (C=O) groups excluding carboxylic acids is 1. The van der Waals surface area contributed by atoms with Gasteiger partial charge in [0.25, 0.3) is 0 Å². The maximum absolute atomic E-state index is 12.2. The second-order valence-electron chi connectivity index (χ2n) is 7.57. The molecule has 1 amide bonds. The molecule has 0 aliphatic carbocycles. The fraction of sp³-hybridized carbons (Fsp3) is 0.458. The molecule has 2 rings (SSSR count). The molecule has 6 nitrogen and oxygen atoms in total. The van der Waals surface area contributed by atoms with Gasteiger partial charge in [-0.15, -0.1) is 0 Å². The molecule has 0 bridgehead atoms. The second kappa shape index (κ2) is 11.7. The van der Waals surface area contributed by atoms with Gasteiger partial charge in [0.15, 0.2) is 0 Å². The van der Waals surface area contributed by atoms with E-state index in [1.54, 1.807) is 0 Å². The van der Waals surface area contributed by atoms with Gasteiger partial charge in [0, 0.05) is 38.3 Å². The van der Waals surface area contributed by atoms with Gasteiger partial charge in [-0.3, -0.25) is 9.10 Å². The fourth-order valence-corrected chi connectivity index (χ4v) is 4.44. The molecule has 0 aliphatic heterocycles. The van der Waals surface area contributed by atoms with Gasteiger partial charge in [-0.05, 0) is 62.1 Å². The van der Waals surface area contributed by atoms with E-state index in [-0.39, 0.29) is 18.9 Å². The summed E-state index contributed by atoms with van der Waals surface area (Å²) in [7, 11) is -3.41. The van der Waals surface area contributed by atoms with Crippen LogP contribution in [-0.4, -0.2) is 40.2 Å². The van der Waals surface area contributed by atoms with E-state index in [1.807, 2.05) is 36.4 Å². The first-order chi connectivity index (χ1) is 14.8. The van der Waals surface area contributed by atoms with Gasteiger partial charge in [0.05, 0.1) is 11.9 Å². The Labute approximate surface area is 187 Å². The Hall–Kier alpha value is -2.54. The van der Waals surface area contributed by atoms with Gasteiger partial charge in [0.1, 0.15) is 0 Å². The minimum absolute atomic E-state index is 0.0809. The quantitative estimate of drug-likeness (QED) is 0.537. The van der Waals surface area contributed by atoms with E-state index in [0.717, 1.165) is 30.6 Å². The Balaban J connectivity index is 1.85. The van der Waals surface area contributed by atoms with Crippen molar-refractivity contribution in [2.45, 2.75) is 46.6 Å². The van der Waals surface area contributed by atoms with Crippen molar-refractivity contribution in [1.29, 1.82) is 0 Å². The number of aryl methyl sites for hydroxylation is 1. The number of hydrogen-bond donors (Lipinski definition) is 1. The molecule has 0 atom stereocenters. The average Bonchev–Trinajstić information content (AvgIpc) is 2.76. The number of rotatable bonds is 12. The number of benzene rings is 2. The maximum atomic E-state index is 12.2. The zero-order valence-electron chi connectivity index (χ0n) is 19.1. The second-order valence-corrected chi connectivity index (χ2v) is 9.48. The summed E-state index contributed by atoms with van der Waals surface area (Å²) in [4.78, 5) is 14.5. The molecule has 0 heterocycles. The van der Waals surface area contributed by atoms with Crippen LogP contribution < -0.4 is 14.5 Å². The van der Waals surface area contributed by atoms with Crippen LogP contribution in [-0.2, 0) is 27.8 Å². The lowest BCUT2D eigenvalue weighted by Gasteiger charge is -2.22. The van der Waals surface area contributed by atoms with Crippen molar-refractivity contribution < 1.29 is 13.2 Å². The third-order valence-electron chi connectivity index (χ3n) is 5.35. The molecule has 0 saturated carbocycles. The first kappa shape index (κ1) is 24.7. The third kappa shape index (κ3) is 7.58. The van der Waals surface area contributed by atoms with E-state index in [1.165, 1.54) is 16.2 Å². The van der Waals surface area contributed by atoms with Crippen LogP contribution in [0, 0.1) is 0 Å². The number of anilines is 2. The zero-order valence-corrected chi connectivity index (χ0v) is 19.9. The van der Waals surface area contributed by atoms with E-state index in [2.05, 4.69) is 43.1 Å². The van der Waals surface area contributed by atoms with Gasteiger partial charge < -0.3 is 10.2 Å².